The molecule has 0 N–H and O–H groups in total. The summed E-state index contributed by atoms with van der Waals surface area (Å²) in [5.41, 5.74) is 14.6. The molecule has 0 unspecified atom stereocenters. The standard InChI is InChI=1S/C53H40N4/c1-53(2,33-21-25-51-41(29-33)39-15-7-11-19-49(39)56(51)35-23-27-47-43(31-35)37-13-5-9-17-45(37)54(47)3)34-22-26-52-42(30-34)40-16-8-12-20-50(40)57(52)36-24-28-48-44(32-36)38-14-6-10-18-46(38)55(48)4/h5-32H,1-4H3. The van der Waals surface area contributed by atoms with Gasteiger partial charge in [-0.05, 0) is 96.1 Å². The van der Waals surface area contributed by atoms with Gasteiger partial charge in [0.15, 0.2) is 0 Å². The van der Waals surface area contributed by atoms with Gasteiger partial charge in [0.1, 0.15) is 0 Å². The van der Waals surface area contributed by atoms with Gasteiger partial charge in [-0.1, -0.05) is 98.8 Å². The third-order valence-corrected chi connectivity index (χ3v) is 13.1. The molecule has 4 heterocycles. The van der Waals surface area contributed by atoms with Crippen molar-refractivity contribution in [2.45, 2.75) is 19.3 Å². The van der Waals surface area contributed by atoms with Gasteiger partial charge in [-0.25, -0.2) is 0 Å². The van der Waals surface area contributed by atoms with Crippen LogP contribution < -0.4 is 0 Å². The summed E-state index contributed by atoms with van der Waals surface area (Å²) in [7, 11) is 4.33. The maximum Gasteiger partial charge on any atom is 0.0541 e. The normalized spacial score (nSPS) is 12.6. The van der Waals surface area contributed by atoms with Gasteiger partial charge in [0.25, 0.3) is 0 Å². The smallest absolute Gasteiger partial charge is 0.0541 e. The van der Waals surface area contributed by atoms with Crippen molar-refractivity contribution in [2.24, 2.45) is 14.1 Å². The molecule has 0 fully saturated rings. The highest BCUT2D eigenvalue weighted by Gasteiger charge is 2.26. The largest absolute Gasteiger partial charge is 0.344 e. The Morgan fingerprint density at radius 2 is 0.596 bits per heavy atom. The molecule has 0 spiro atoms. The number of fused-ring (bicyclic) bond motifs is 12. The number of hydrogen-bond donors (Lipinski definition) is 0. The Bertz CT molecular complexity index is 3400. The molecule has 8 aromatic carbocycles. The van der Waals surface area contributed by atoms with Gasteiger partial charge in [-0.15, -0.1) is 0 Å². The maximum absolute atomic E-state index is 2.44. The zero-order valence-electron chi connectivity index (χ0n) is 32.5. The number of hydrogen-bond acceptors (Lipinski definition) is 0. The highest BCUT2D eigenvalue weighted by Crippen LogP contribution is 2.42. The van der Waals surface area contributed by atoms with Crippen molar-refractivity contribution in [1.82, 2.24) is 18.3 Å². The van der Waals surface area contributed by atoms with Gasteiger partial charge in [0.05, 0.1) is 22.1 Å². The van der Waals surface area contributed by atoms with Gasteiger partial charge >= 0.3 is 0 Å². The number of aryl methyl sites for hydroxylation is 2. The zero-order chi connectivity index (χ0) is 38.2. The minimum atomic E-state index is -0.251. The highest BCUT2D eigenvalue weighted by molar-refractivity contribution is 6.13. The summed E-state index contributed by atoms with van der Waals surface area (Å²) in [5.74, 6) is 0. The number of aromatic nitrogens is 4. The van der Waals surface area contributed by atoms with E-state index < -0.39 is 0 Å². The Kier molecular flexibility index (Phi) is 6.50. The van der Waals surface area contributed by atoms with E-state index in [4.69, 9.17) is 0 Å². The quantitative estimate of drug-likeness (QED) is 0.172. The van der Waals surface area contributed by atoms with Gasteiger partial charge < -0.3 is 18.3 Å². The zero-order valence-corrected chi connectivity index (χ0v) is 32.5. The van der Waals surface area contributed by atoms with Crippen LogP contribution >= 0.6 is 0 Å². The van der Waals surface area contributed by atoms with Crippen LogP contribution in [0.2, 0.25) is 0 Å². The Morgan fingerprint density at radius 1 is 0.298 bits per heavy atom. The van der Waals surface area contributed by atoms with Crippen LogP contribution in [-0.2, 0) is 19.5 Å². The molecule has 0 amide bonds. The molecule has 0 radical (unpaired) electrons. The Balaban J connectivity index is 1.01. The summed E-state index contributed by atoms with van der Waals surface area (Å²) >= 11 is 0. The lowest BCUT2D eigenvalue weighted by molar-refractivity contribution is 0.643. The van der Waals surface area contributed by atoms with Crippen molar-refractivity contribution in [2.75, 3.05) is 0 Å². The Morgan fingerprint density at radius 3 is 1.02 bits per heavy atom. The molecule has 0 aliphatic rings. The van der Waals surface area contributed by atoms with Crippen LogP contribution in [0.5, 0.6) is 0 Å². The van der Waals surface area contributed by atoms with Crippen LogP contribution in [0.25, 0.3) is 98.6 Å². The summed E-state index contributed by atoms with van der Waals surface area (Å²) in [4.78, 5) is 0. The van der Waals surface area contributed by atoms with Gasteiger partial charge in [0, 0.05) is 96.0 Å². The van der Waals surface area contributed by atoms with Gasteiger partial charge in [-0.3, -0.25) is 0 Å². The second-order valence-corrected chi connectivity index (χ2v) is 16.3. The molecule has 0 bridgehead atoms. The first-order valence-corrected chi connectivity index (χ1v) is 19.9. The first-order chi connectivity index (χ1) is 27.9. The SMILES string of the molecule is Cn1c2ccccc2c2cc(-n3c4ccccc4c4cc(C(C)(C)c5ccc6c(c5)c5ccccc5n6-c5ccc6c(c5)c5ccccc5n6C)ccc43)ccc21. The number of nitrogens with zero attached hydrogens (tertiary/aromatic N) is 4. The summed E-state index contributed by atoms with van der Waals surface area (Å²) < 4.78 is 9.49. The minimum absolute atomic E-state index is 0.251. The fourth-order valence-corrected chi connectivity index (χ4v) is 10.0. The molecular weight excluding hydrogens is 693 g/mol. The van der Waals surface area contributed by atoms with Crippen molar-refractivity contribution in [3.63, 3.8) is 0 Å². The summed E-state index contributed by atoms with van der Waals surface area (Å²) in [6, 6.07) is 63.2. The topological polar surface area (TPSA) is 19.7 Å². The molecule has 4 aromatic heterocycles. The molecule has 12 aromatic rings. The number of benzene rings is 8. The predicted octanol–water partition coefficient (Wildman–Crippen LogP) is 13.5. The van der Waals surface area contributed by atoms with Crippen LogP contribution in [0.4, 0.5) is 0 Å². The second kappa shape index (κ2) is 11.5. The lowest BCUT2D eigenvalue weighted by Gasteiger charge is -2.27. The molecule has 12 rings (SSSR count). The van der Waals surface area contributed by atoms with E-state index >= 15 is 0 Å². The van der Waals surface area contributed by atoms with E-state index in [0.717, 1.165) is 0 Å². The van der Waals surface area contributed by atoms with Gasteiger partial charge in [-0.2, -0.15) is 0 Å². The van der Waals surface area contributed by atoms with Crippen LogP contribution in [0.1, 0.15) is 25.0 Å². The molecule has 0 aliphatic carbocycles. The van der Waals surface area contributed by atoms with E-state index in [2.05, 4.69) is 216 Å². The fraction of sp³-hybridized carbons (Fsp3) is 0.0943. The summed E-state index contributed by atoms with van der Waals surface area (Å²) in [5, 5.41) is 10.2. The molecule has 4 heteroatoms. The average Bonchev–Trinajstić information content (AvgIpc) is 3.95. The van der Waals surface area contributed by atoms with Crippen molar-refractivity contribution < 1.29 is 0 Å². The maximum atomic E-state index is 2.44. The molecule has 57 heavy (non-hydrogen) atoms. The third kappa shape index (κ3) is 4.38. The van der Waals surface area contributed by atoms with Crippen molar-refractivity contribution >= 4 is 87.2 Å². The number of rotatable bonds is 4. The van der Waals surface area contributed by atoms with E-state index in [0.29, 0.717) is 0 Å². The van der Waals surface area contributed by atoms with Crippen molar-refractivity contribution in [3.05, 3.63) is 181 Å². The molecule has 4 nitrogen and oxygen atoms in total. The van der Waals surface area contributed by atoms with Gasteiger partial charge in [0.2, 0.25) is 0 Å². The van der Waals surface area contributed by atoms with E-state index in [-0.39, 0.29) is 5.41 Å². The lowest BCUT2D eigenvalue weighted by Crippen LogP contribution is -2.18. The Labute approximate surface area is 330 Å². The first-order valence-electron chi connectivity index (χ1n) is 19.9. The average molecular weight is 733 g/mol. The van der Waals surface area contributed by atoms with Crippen molar-refractivity contribution in [1.29, 1.82) is 0 Å². The fourth-order valence-electron chi connectivity index (χ4n) is 10.0. The van der Waals surface area contributed by atoms with E-state index in [1.807, 2.05) is 0 Å². The monoisotopic (exact) mass is 732 g/mol. The first kappa shape index (κ1) is 32.2. The molecule has 272 valence electrons. The van der Waals surface area contributed by atoms with Crippen molar-refractivity contribution in [3.8, 4) is 11.4 Å². The van der Waals surface area contributed by atoms with E-state index in [1.54, 1.807) is 0 Å². The molecule has 0 saturated carbocycles. The van der Waals surface area contributed by atoms with Crippen LogP contribution in [0, 0.1) is 0 Å². The van der Waals surface area contributed by atoms with Crippen LogP contribution in [0.15, 0.2) is 170 Å². The molecule has 0 atom stereocenters. The van der Waals surface area contributed by atoms with Crippen LogP contribution in [-0.4, -0.2) is 18.3 Å². The predicted molar refractivity (Wildman–Crippen MR) is 242 cm³/mol. The third-order valence-electron chi connectivity index (χ3n) is 13.1. The molecule has 0 aliphatic heterocycles. The highest BCUT2D eigenvalue weighted by atomic mass is 15.0. The minimum Gasteiger partial charge on any atom is -0.344 e. The lowest BCUT2D eigenvalue weighted by atomic mass is 9.77. The summed E-state index contributed by atoms with van der Waals surface area (Å²) in [6.45, 7) is 4.74. The molecule has 0 saturated heterocycles. The van der Waals surface area contributed by atoms with E-state index in [1.165, 1.54) is 110 Å². The molecular formula is C53H40N4. The van der Waals surface area contributed by atoms with Crippen LogP contribution in [0.3, 0.4) is 0 Å². The Hall–Kier alpha value is -7.04. The van der Waals surface area contributed by atoms with E-state index in [9.17, 15) is 0 Å². The summed E-state index contributed by atoms with van der Waals surface area (Å²) in [6.07, 6.45) is 0. The number of para-hydroxylation sites is 4. The second-order valence-electron chi connectivity index (χ2n) is 16.3.